The summed E-state index contributed by atoms with van der Waals surface area (Å²) in [7, 11) is 1.42. The smallest absolute Gasteiger partial charge is 0.342 e. The first kappa shape index (κ1) is 24.1. The molecule has 1 aromatic heterocycles. The molecule has 0 atom stereocenters. The van der Waals surface area contributed by atoms with E-state index in [1.54, 1.807) is 30.0 Å². The van der Waals surface area contributed by atoms with Gasteiger partial charge in [-0.15, -0.1) is 0 Å². The van der Waals surface area contributed by atoms with Gasteiger partial charge in [0.15, 0.2) is 5.71 Å². The van der Waals surface area contributed by atoms with Crippen LogP contribution in [-0.4, -0.2) is 44.5 Å². The third-order valence-electron chi connectivity index (χ3n) is 6.05. The van der Waals surface area contributed by atoms with Crippen molar-refractivity contribution in [3.63, 3.8) is 0 Å². The van der Waals surface area contributed by atoms with E-state index in [4.69, 9.17) is 18.7 Å². The highest BCUT2D eigenvalue weighted by molar-refractivity contribution is 6.54. The molecule has 0 spiro atoms. The van der Waals surface area contributed by atoms with Crippen LogP contribution in [0.4, 0.5) is 5.69 Å². The third-order valence-corrected chi connectivity index (χ3v) is 6.05. The second-order valence-electron chi connectivity index (χ2n) is 8.35. The minimum Gasteiger partial charge on any atom is -0.494 e. The van der Waals surface area contributed by atoms with Crippen molar-refractivity contribution >= 4 is 34.2 Å². The zero-order valence-electron chi connectivity index (χ0n) is 20.6. The Hall–Kier alpha value is -4.59. The number of oxime groups is 1. The topological polar surface area (TPSA) is 90.6 Å². The van der Waals surface area contributed by atoms with E-state index in [-0.39, 0.29) is 12.5 Å². The van der Waals surface area contributed by atoms with Gasteiger partial charge in [0.25, 0.3) is 5.91 Å². The fourth-order valence-electron chi connectivity index (χ4n) is 4.44. The predicted octanol–water partition coefficient (Wildman–Crippen LogP) is 5.44. The summed E-state index contributed by atoms with van der Waals surface area (Å²) in [5.41, 5.74) is 3.58. The van der Waals surface area contributed by atoms with Gasteiger partial charge in [0.2, 0.25) is 0 Å². The maximum absolute atomic E-state index is 12.9. The van der Waals surface area contributed by atoms with E-state index < -0.39 is 5.97 Å². The summed E-state index contributed by atoms with van der Waals surface area (Å²) in [6.45, 7) is 2.85. The number of esters is 1. The van der Waals surface area contributed by atoms with Crippen molar-refractivity contribution in [2.24, 2.45) is 5.16 Å². The first-order valence-corrected chi connectivity index (χ1v) is 12.1. The monoisotopic (exact) mass is 498 g/mol. The molecule has 5 rings (SSSR count). The number of para-hydroxylation sites is 1. The van der Waals surface area contributed by atoms with E-state index in [2.05, 4.69) is 5.16 Å². The van der Waals surface area contributed by atoms with Crippen molar-refractivity contribution in [3.8, 4) is 17.1 Å². The van der Waals surface area contributed by atoms with Crippen LogP contribution < -0.4 is 9.64 Å². The Morgan fingerprint density at radius 2 is 1.81 bits per heavy atom. The molecule has 4 aromatic rings. The van der Waals surface area contributed by atoms with Crippen molar-refractivity contribution in [3.05, 3.63) is 83.9 Å². The highest BCUT2D eigenvalue weighted by atomic mass is 16.6. The molecule has 0 bridgehead atoms. The normalized spacial score (nSPS) is 13.7. The number of hydrogen-bond acceptors (Lipinski definition) is 7. The minimum absolute atomic E-state index is 0.199. The van der Waals surface area contributed by atoms with Crippen molar-refractivity contribution in [2.75, 3.05) is 31.8 Å². The molecule has 0 unspecified atom stereocenters. The summed E-state index contributed by atoms with van der Waals surface area (Å²) in [4.78, 5) is 32.3. The fraction of sp³-hybridized carbons (Fsp3) is 0.207. The highest BCUT2D eigenvalue weighted by Gasteiger charge is 2.34. The molecule has 1 aliphatic heterocycles. The lowest BCUT2D eigenvalue weighted by atomic mass is 10.1. The standard InChI is InChI=1S/C29H26N2O6/c1-3-35-29(33)25-22-18-20(14-15-24(22)37-27(25)19-10-5-4-6-11-19)36-17-9-16-31-23-13-8-7-12-21(23)26(28(31)32)30-34-2/h4-8,10-15,18H,3,9,16-17H2,1-2H3/b30-26+. The zero-order valence-corrected chi connectivity index (χ0v) is 20.6. The fourth-order valence-corrected chi connectivity index (χ4v) is 4.44. The Bertz CT molecular complexity index is 1470. The molecule has 188 valence electrons. The molecule has 0 saturated carbocycles. The number of benzene rings is 3. The van der Waals surface area contributed by atoms with Gasteiger partial charge in [-0.2, -0.15) is 0 Å². The Morgan fingerprint density at radius 1 is 1.03 bits per heavy atom. The molecule has 8 heteroatoms. The van der Waals surface area contributed by atoms with Crippen LogP contribution in [0.15, 0.2) is 82.4 Å². The van der Waals surface area contributed by atoms with E-state index in [1.165, 1.54) is 7.11 Å². The lowest BCUT2D eigenvalue weighted by Crippen LogP contribution is -2.31. The molecule has 0 radical (unpaired) electrons. The molecule has 0 saturated heterocycles. The Balaban J connectivity index is 1.33. The Morgan fingerprint density at radius 3 is 2.59 bits per heavy atom. The zero-order chi connectivity index (χ0) is 25.8. The number of fused-ring (bicyclic) bond motifs is 2. The summed E-state index contributed by atoms with van der Waals surface area (Å²) in [6.07, 6.45) is 0.587. The molecular weight excluding hydrogens is 472 g/mol. The summed E-state index contributed by atoms with van der Waals surface area (Å²) in [5, 5.41) is 4.53. The van der Waals surface area contributed by atoms with Crippen molar-refractivity contribution in [1.82, 2.24) is 0 Å². The van der Waals surface area contributed by atoms with Crippen LogP contribution >= 0.6 is 0 Å². The number of amides is 1. The van der Waals surface area contributed by atoms with Crippen LogP contribution in [0.1, 0.15) is 29.3 Å². The highest BCUT2D eigenvalue weighted by Crippen LogP contribution is 2.36. The van der Waals surface area contributed by atoms with Crippen LogP contribution in [0.2, 0.25) is 0 Å². The number of carbonyl (C=O) groups excluding carboxylic acids is 2. The number of rotatable bonds is 9. The summed E-state index contributed by atoms with van der Waals surface area (Å²) < 4.78 is 17.4. The number of carbonyl (C=O) groups is 2. The molecule has 0 fully saturated rings. The number of furan rings is 1. The van der Waals surface area contributed by atoms with Crippen LogP contribution in [-0.2, 0) is 14.4 Å². The van der Waals surface area contributed by atoms with Gasteiger partial charge < -0.3 is 23.6 Å². The van der Waals surface area contributed by atoms with Gasteiger partial charge in [0.05, 0.1) is 18.9 Å². The van der Waals surface area contributed by atoms with E-state index in [0.717, 1.165) is 16.8 Å². The van der Waals surface area contributed by atoms with Crippen molar-refractivity contribution in [1.29, 1.82) is 0 Å². The second-order valence-corrected chi connectivity index (χ2v) is 8.35. The van der Waals surface area contributed by atoms with E-state index >= 15 is 0 Å². The predicted molar refractivity (Wildman–Crippen MR) is 140 cm³/mol. The number of hydrogen-bond donors (Lipinski definition) is 0. The number of nitrogens with zero attached hydrogens (tertiary/aromatic N) is 2. The Labute approximate surface area is 214 Å². The Kier molecular flexibility index (Phi) is 6.89. The van der Waals surface area contributed by atoms with Crippen LogP contribution in [0.25, 0.3) is 22.3 Å². The lowest BCUT2D eigenvalue weighted by molar-refractivity contribution is -0.112. The van der Waals surface area contributed by atoms with Gasteiger partial charge >= 0.3 is 5.97 Å². The second kappa shape index (κ2) is 10.6. The molecule has 8 nitrogen and oxygen atoms in total. The maximum atomic E-state index is 12.9. The summed E-state index contributed by atoms with van der Waals surface area (Å²) in [5.74, 6) is 0.409. The average Bonchev–Trinajstić information content (AvgIpc) is 3.43. The first-order chi connectivity index (χ1) is 18.1. The lowest BCUT2D eigenvalue weighted by Gasteiger charge is -2.16. The molecular formula is C29H26N2O6. The largest absolute Gasteiger partial charge is 0.494 e. The van der Waals surface area contributed by atoms with Crippen LogP contribution in [0.5, 0.6) is 5.75 Å². The van der Waals surface area contributed by atoms with Gasteiger partial charge in [0, 0.05) is 23.1 Å². The average molecular weight is 499 g/mol. The first-order valence-electron chi connectivity index (χ1n) is 12.1. The van der Waals surface area contributed by atoms with Gasteiger partial charge in [-0.1, -0.05) is 53.7 Å². The SMILES string of the molecule is CCOC(=O)c1c(-c2ccccc2)oc2ccc(OCCCN3C(=O)/C(=N/OC)c4ccccc43)cc12. The molecule has 2 heterocycles. The third kappa shape index (κ3) is 4.65. The summed E-state index contributed by atoms with van der Waals surface area (Å²) in [6, 6.07) is 22.3. The molecule has 0 aliphatic carbocycles. The molecule has 37 heavy (non-hydrogen) atoms. The maximum Gasteiger partial charge on any atom is 0.342 e. The number of ether oxygens (including phenoxy) is 2. The van der Waals surface area contributed by atoms with Crippen molar-refractivity contribution < 1.29 is 28.3 Å². The molecule has 3 aromatic carbocycles. The molecule has 1 amide bonds. The molecule has 0 N–H and O–H groups in total. The van der Waals surface area contributed by atoms with Gasteiger partial charge in [0.1, 0.15) is 29.8 Å². The van der Waals surface area contributed by atoms with Crippen LogP contribution in [0, 0.1) is 0 Å². The van der Waals surface area contributed by atoms with Crippen LogP contribution in [0.3, 0.4) is 0 Å². The van der Waals surface area contributed by atoms with Crippen molar-refractivity contribution in [2.45, 2.75) is 13.3 Å². The minimum atomic E-state index is -0.447. The van der Waals surface area contributed by atoms with Gasteiger partial charge in [-0.05, 0) is 37.6 Å². The van der Waals surface area contributed by atoms with Gasteiger partial charge in [-0.3, -0.25) is 4.79 Å². The van der Waals surface area contributed by atoms with E-state index in [9.17, 15) is 9.59 Å². The number of anilines is 1. The van der Waals surface area contributed by atoms with E-state index in [1.807, 2.05) is 54.6 Å². The van der Waals surface area contributed by atoms with Gasteiger partial charge in [-0.25, -0.2) is 4.79 Å². The summed E-state index contributed by atoms with van der Waals surface area (Å²) >= 11 is 0. The van der Waals surface area contributed by atoms with E-state index in [0.29, 0.717) is 53.3 Å². The molecule has 1 aliphatic rings. The quantitative estimate of drug-likeness (QED) is 0.173.